The Morgan fingerprint density at radius 1 is 1.41 bits per heavy atom. The molecule has 2 atom stereocenters. The van der Waals surface area contributed by atoms with Crippen molar-refractivity contribution in [3.05, 3.63) is 23.5 Å². The Balaban J connectivity index is 1.89. The van der Waals surface area contributed by atoms with Gasteiger partial charge in [-0.15, -0.1) is 0 Å². The van der Waals surface area contributed by atoms with Gasteiger partial charge in [0.2, 0.25) is 0 Å². The minimum absolute atomic E-state index is 0.171. The van der Waals surface area contributed by atoms with Crippen molar-refractivity contribution in [3.8, 4) is 11.5 Å². The molecule has 122 valence electrons. The molecule has 1 aromatic rings. The molecular weight excluding hydrogens is 283 g/mol. The first kappa shape index (κ1) is 15.6. The predicted molar refractivity (Wildman–Crippen MR) is 83.7 cm³/mol. The lowest BCUT2D eigenvalue weighted by Crippen LogP contribution is -2.59. The summed E-state index contributed by atoms with van der Waals surface area (Å²) in [4.78, 5) is 2.33. The number of benzene rings is 1. The number of nitrogens with two attached hydrogens (primary N) is 1. The molecule has 0 radical (unpaired) electrons. The first-order chi connectivity index (χ1) is 10.7. The number of hydrogen-bond acceptors (Lipinski definition) is 4. The SMILES string of the molecule is CCCN(C1CCC1)[C@@H]1Oc2c(F)ccc(OC)c2CC1N. The van der Waals surface area contributed by atoms with Crippen molar-refractivity contribution in [1.29, 1.82) is 0 Å². The highest BCUT2D eigenvalue weighted by atomic mass is 19.1. The molecule has 1 aliphatic carbocycles. The van der Waals surface area contributed by atoms with E-state index in [9.17, 15) is 4.39 Å². The number of halogens is 1. The number of ether oxygens (including phenoxy) is 2. The summed E-state index contributed by atoms with van der Waals surface area (Å²) in [6.45, 7) is 3.08. The van der Waals surface area contributed by atoms with Gasteiger partial charge < -0.3 is 15.2 Å². The lowest BCUT2D eigenvalue weighted by molar-refractivity contribution is -0.0528. The summed E-state index contributed by atoms with van der Waals surface area (Å²) < 4.78 is 25.6. The van der Waals surface area contributed by atoms with E-state index >= 15 is 0 Å². The zero-order valence-corrected chi connectivity index (χ0v) is 13.3. The van der Waals surface area contributed by atoms with Crippen LogP contribution in [0.5, 0.6) is 11.5 Å². The maximum atomic E-state index is 14.2. The Kier molecular flexibility index (Phi) is 4.54. The predicted octanol–water partition coefficient (Wildman–Crippen LogP) is 2.69. The molecule has 2 aliphatic rings. The largest absolute Gasteiger partial charge is 0.496 e. The average Bonchev–Trinajstić information content (AvgIpc) is 2.45. The van der Waals surface area contributed by atoms with Crippen molar-refractivity contribution in [1.82, 2.24) is 4.90 Å². The van der Waals surface area contributed by atoms with Gasteiger partial charge in [-0.3, -0.25) is 4.90 Å². The first-order valence-electron chi connectivity index (χ1n) is 8.19. The zero-order chi connectivity index (χ0) is 15.7. The molecule has 0 bridgehead atoms. The van der Waals surface area contributed by atoms with E-state index in [0.29, 0.717) is 24.0 Å². The molecule has 1 saturated carbocycles. The van der Waals surface area contributed by atoms with E-state index in [0.717, 1.165) is 18.5 Å². The molecule has 3 rings (SSSR count). The van der Waals surface area contributed by atoms with Crippen LogP contribution in [-0.2, 0) is 6.42 Å². The Labute approximate surface area is 131 Å². The maximum absolute atomic E-state index is 14.2. The van der Waals surface area contributed by atoms with E-state index in [1.54, 1.807) is 13.2 Å². The fourth-order valence-corrected chi connectivity index (χ4v) is 3.45. The third kappa shape index (κ3) is 2.68. The fourth-order valence-electron chi connectivity index (χ4n) is 3.45. The van der Waals surface area contributed by atoms with E-state index in [-0.39, 0.29) is 18.1 Å². The molecule has 5 heteroatoms. The van der Waals surface area contributed by atoms with Gasteiger partial charge in [0.1, 0.15) is 5.75 Å². The highest BCUT2D eigenvalue weighted by Gasteiger charge is 2.39. The molecule has 0 saturated heterocycles. The number of methoxy groups -OCH3 is 1. The third-order valence-electron chi connectivity index (χ3n) is 4.79. The van der Waals surface area contributed by atoms with Gasteiger partial charge in [-0.05, 0) is 37.8 Å². The summed E-state index contributed by atoms with van der Waals surface area (Å²) >= 11 is 0. The second-order valence-corrected chi connectivity index (χ2v) is 6.26. The summed E-state index contributed by atoms with van der Waals surface area (Å²) in [6.07, 6.45) is 4.98. The minimum atomic E-state index is -0.335. The van der Waals surface area contributed by atoms with Crippen molar-refractivity contribution >= 4 is 0 Å². The molecule has 1 aromatic carbocycles. The summed E-state index contributed by atoms with van der Waals surface area (Å²) in [7, 11) is 1.59. The smallest absolute Gasteiger partial charge is 0.168 e. The molecular formula is C17H25FN2O2. The normalized spacial score (nSPS) is 24.6. The molecule has 2 N–H and O–H groups in total. The van der Waals surface area contributed by atoms with Gasteiger partial charge in [0.15, 0.2) is 17.8 Å². The molecule has 1 unspecified atom stereocenters. The van der Waals surface area contributed by atoms with Crippen LogP contribution in [0.25, 0.3) is 0 Å². The van der Waals surface area contributed by atoms with Crippen LogP contribution in [0.2, 0.25) is 0 Å². The lowest BCUT2D eigenvalue weighted by atomic mass is 9.89. The van der Waals surface area contributed by atoms with Crippen LogP contribution in [0, 0.1) is 5.82 Å². The van der Waals surface area contributed by atoms with E-state index in [4.69, 9.17) is 15.2 Å². The maximum Gasteiger partial charge on any atom is 0.168 e. The summed E-state index contributed by atoms with van der Waals surface area (Å²) in [6, 6.07) is 3.39. The van der Waals surface area contributed by atoms with Crippen molar-refractivity contribution in [3.63, 3.8) is 0 Å². The summed E-state index contributed by atoms with van der Waals surface area (Å²) in [5.41, 5.74) is 7.12. The van der Waals surface area contributed by atoms with Gasteiger partial charge in [-0.1, -0.05) is 13.3 Å². The zero-order valence-electron chi connectivity index (χ0n) is 13.3. The molecule has 1 heterocycles. The monoisotopic (exact) mass is 308 g/mol. The molecule has 0 aromatic heterocycles. The van der Waals surface area contributed by atoms with Gasteiger partial charge in [0.05, 0.1) is 13.2 Å². The van der Waals surface area contributed by atoms with Crippen molar-refractivity contribution in [2.24, 2.45) is 5.73 Å². The van der Waals surface area contributed by atoms with Crippen molar-refractivity contribution < 1.29 is 13.9 Å². The van der Waals surface area contributed by atoms with Gasteiger partial charge in [-0.2, -0.15) is 0 Å². The molecule has 1 aliphatic heterocycles. The van der Waals surface area contributed by atoms with Crippen LogP contribution in [0.1, 0.15) is 38.2 Å². The van der Waals surface area contributed by atoms with Crippen molar-refractivity contribution in [2.75, 3.05) is 13.7 Å². The van der Waals surface area contributed by atoms with Gasteiger partial charge in [-0.25, -0.2) is 4.39 Å². The molecule has 4 nitrogen and oxygen atoms in total. The average molecular weight is 308 g/mol. The van der Waals surface area contributed by atoms with Crippen LogP contribution in [0.4, 0.5) is 4.39 Å². The Morgan fingerprint density at radius 2 is 2.18 bits per heavy atom. The van der Waals surface area contributed by atoms with E-state index in [1.165, 1.54) is 25.3 Å². The van der Waals surface area contributed by atoms with Crippen LogP contribution in [-0.4, -0.2) is 36.9 Å². The Bertz CT molecular complexity index is 534. The van der Waals surface area contributed by atoms with Gasteiger partial charge >= 0.3 is 0 Å². The quantitative estimate of drug-likeness (QED) is 0.908. The number of hydrogen-bond donors (Lipinski definition) is 1. The fraction of sp³-hybridized carbons (Fsp3) is 0.647. The van der Waals surface area contributed by atoms with Crippen LogP contribution in [0.3, 0.4) is 0 Å². The van der Waals surface area contributed by atoms with E-state index in [2.05, 4.69) is 11.8 Å². The third-order valence-corrected chi connectivity index (χ3v) is 4.79. The van der Waals surface area contributed by atoms with Crippen LogP contribution >= 0.6 is 0 Å². The van der Waals surface area contributed by atoms with Crippen LogP contribution in [0.15, 0.2) is 12.1 Å². The minimum Gasteiger partial charge on any atom is -0.496 e. The van der Waals surface area contributed by atoms with E-state index in [1.807, 2.05) is 0 Å². The first-order valence-corrected chi connectivity index (χ1v) is 8.19. The topological polar surface area (TPSA) is 47.7 Å². The molecule has 0 amide bonds. The van der Waals surface area contributed by atoms with Crippen molar-refractivity contribution in [2.45, 2.75) is 57.3 Å². The summed E-state index contributed by atoms with van der Waals surface area (Å²) in [5.74, 6) is 0.625. The standard InChI is InChI=1S/C17H25FN2O2/c1-3-9-20(11-5-4-6-11)17-14(19)10-12-15(21-2)8-7-13(18)16(12)22-17/h7-8,11,14,17H,3-6,9-10,19H2,1-2H3/t14?,17-/m1/s1. The second kappa shape index (κ2) is 6.42. The lowest BCUT2D eigenvalue weighted by Gasteiger charge is -2.46. The van der Waals surface area contributed by atoms with Crippen LogP contribution < -0.4 is 15.2 Å². The Hall–Kier alpha value is -1.33. The molecule has 22 heavy (non-hydrogen) atoms. The Morgan fingerprint density at radius 3 is 2.77 bits per heavy atom. The number of rotatable bonds is 5. The molecule has 1 fully saturated rings. The summed E-state index contributed by atoms with van der Waals surface area (Å²) in [5, 5.41) is 0. The highest BCUT2D eigenvalue weighted by molar-refractivity contribution is 5.47. The second-order valence-electron chi connectivity index (χ2n) is 6.26. The van der Waals surface area contributed by atoms with Gasteiger partial charge in [0.25, 0.3) is 0 Å². The van der Waals surface area contributed by atoms with E-state index < -0.39 is 0 Å². The molecule has 0 spiro atoms. The van der Waals surface area contributed by atoms with Gasteiger partial charge in [0, 0.05) is 18.2 Å². The highest BCUT2D eigenvalue weighted by Crippen LogP contribution is 2.39. The number of nitrogens with zero attached hydrogens (tertiary/aromatic N) is 1. The number of fused-ring (bicyclic) bond motifs is 1.